The normalized spacial score (nSPS) is 10.2. The molecule has 0 aromatic heterocycles. The number of anilines is 2. The maximum Gasteiger partial charge on any atom is 0.271 e. The lowest BCUT2D eigenvalue weighted by Gasteiger charge is -2.13. The summed E-state index contributed by atoms with van der Waals surface area (Å²) in [6.07, 6.45) is 0. The van der Waals surface area contributed by atoms with E-state index >= 15 is 0 Å². The number of rotatable bonds is 9. The molecule has 2 aromatic carbocycles. The molecule has 0 aliphatic rings. The minimum Gasteiger partial charge on any atom is -0.492 e. The van der Waals surface area contributed by atoms with Crippen molar-refractivity contribution in [2.75, 3.05) is 36.9 Å². The van der Waals surface area contributed by atoms with E-state index in [1.165, 1.54) is 36.4 Å². The molecule has 7 nitrogen and oxygen atoms in total. The Morgan fingerprint density at radius 2 is 1.79 bits per heavy atom. The van der Waals surface area contributed by atoms with E-state index in [-0.39, 0.29) is 18.1 Å². The van der Waals surface area contributed by atoms with Gasteiger partial charge in [0.15, 0.2) is 0 Å². The second-order valence-corrected chi connectivity index (χ2v) is 4.87. The molecule has 0 aliphatic carbocycles. The Labute approximate surface area is 138 Å². The highest BCUT2D eigenvalue weighted by Crippen LogP contribution is 2.26. The summed E-state index contributed by atoms with van der Waals surface area (Å²) in [4.78, 5) is 10.4. The van der Waals surface area contributed by atoms with E-state index in [0.717, 1.165) is 0 Å². The predicted molar refractivity (Wildman–Crippen MR) is 89.1 cm³/mol. The molecule has 0 fully saturated rings. The van der Waals surface area contributed by atoms with E-state index in [0.29, 0.717) is 36.8 Å². The van der Waals surface area contributed by atoms with Crippen LogP contribution in [-0.2, 0) is 0 Å². The summed E-state index contributed by atoms with van der Waals surface area (Å²) in [5.41, 5.74) is 1.16. The molecule has 0 amide bonds. The van der Waals surface area contributed by atoms with Gasteiger partial charge in [0.1, 0.15) is 18.2 Å². The Bertz CT molecular complexity index is 680. The number of hydrogen-bond acceptors (Lipinski definition) is 6. The van der Waals surface area contributed by atoms with Gasteiger partial charge in [0.2, 0.25) is 0 Å². The van der Waals surface area contributed by atoms with Gasteiger partial charge >= 0.3 is 0 Å². The topological polar surface area (TPSA) is 96.7 Å². The Balaban J connectivity index is 1.94. The number of nitrogens with zero attached hydrogens (tertiary/aromatic N) is 1. The number of aliphatic hydroxyl groups is 1. The van der Waals surface area contributed by atoms with Crippen molar-refractivity contribution in [3.8, 4) is 5.75 Å². The number of aliphatic hydroxyl groups excluding tert-OH is 1. The molecule has 0 radical (unpaired) electrons. The lowest BCUT2D eigenvalue weighted by molar-refractivity contribution is -0.384. The molecule has 128 valence electrons. The van der Waals surface area contributed by atoms with Crippen molar-refractivity contribution in [1.29, 1.82) is 0 Å². The summed E-state index contributed by atoms with van der Waals surface area (Å²) in [7, 11) is 0. The van der Waals surface area contributed by atoms with Crippen LogP contribution in [0.5, 0.6) is 5.75 Å². The Morgan fingerprint density at radius 3 is 2.46 bits per heavy atom. The second kappa shape index (κ2) is 8.68. The minimum absolute atomic E-state index is 0.0356. The van der Waals surface area contributed by atoms with Crippen molar-refractivity contribution < 1.29 is 19.2 Å². The molecule has 24 heavy (non-hydrogen) atoms. The van der Waals surface area contributed by atoms with Gasteiger partial charge in [-0.05, 0) is 30.3 Å². The van der Waals surface area contributed by atoms with Crippen molar-refractivity contribution in [2.45, 2.75) is 0 Å². The third kappa shape index (κ3) is 5.10. The van der Waals surface area contributed by atoms with Crippen LogP contribution in [0, 0.1) is 15.9 Å². The van der Waals surface area contributed by atoms with Gasteiger partial charge in [-0.1, -0.05) is 0 Å². The highest BCUT2D eigenvalue weighted by Gasteiger charge is 2.10. The zero-order valence-corrected chi connectivity index (χ0v) is 12.9. The first-order valence-corrected chi connectivity index (χ1v) is 7.35. The van der Waals surface area contributed by atoms with Gasteiger partial charge in [0.25, 0.3) is 5.69 Å². The van der Waals surface area contributed by atoms with E-state index < -0.39 is 4.92 Å². The first kappa shape index (κ1) is 17.5. The summed E-state index contributed by atoms with van der Waals surface area (Å²) in [6.45, 7) is 0.975. The lowest BCUT2D eigenvalue weighted by Crippen LogP contribution is -2.14. The zero-order chi connectivity index (χ0) is 17.4. The van der Waals surface area contributed by atoms with Crippen molar-refractivity contribution in [1.82, 2.24) is 0 Å². The Kier molecular flexibility index (Phi) is 6.32. The molecular weight excluding hydrogens is 317 g/mol. The van der Waals surface area contributed by atoms with Crippen molar-refractivity contribution in [3.63, 3.8) is 0 Å². The molecule has 3 N–H and O–H groups in total. The van der Waals surface area contributed by atoms with Crippen LogP contribution < -0.4 is 15.4 Å². The highest BCUT2D eigenvalue weighted by atomic mass is 19.1. The number of benzene rings is 2. The van der Waals surface area contributed by atoms with Crippen LogP contribution in [0.25, 0.3) is 0 Å². The minimum atomic E-state index is -0.476. The predicted octanol–water partition coefficient (Wildman–Crippen LogP) is 2.63. The molecule has 0 saturated carbocycles. The second-order valence-electron chi connectivity index (χ2n) is 4.87. The molecular formula is C16H18FN3O4. The van der Waals surface area contributed by atoms with E-state index in [4.69, 9.17) is 9.84 Å². The fraction of sp³-hybridized carbons (Fsp3) is 0.250. The molecule has 0 atom stereocenters. The van der Waals surface area contributed by atoms with Gasteiger partial charge in [-0.3, -0.25) is 10.1 Å². The number of ether oxygens (including phenoxy) is 1. The van der Waals surface area contributed by atoms with Crippen molar-refractivity contribution >= 4 is 17.1 Å². The van der Waals surface area contributed by atoms with Crippen LogP contribution in [0.3, 0.4) is 0 Å². The molecule has 0 bridgehead atoms. The number of hydrogen-bond donors (Lipinski definition) is 3. The zero-order valence-electron chi connectivity index (χ0n) is 12.9. The third-order valence-corrected chi connectivity index (χ3v) is 3.14. The number of non-ortho nitro benzene ring substituents is 1. The summed E-state index contributed by atoms with van der Waals surface area (Å²) in [5.74, 6) is 0.201. The molecule has 2 aromatic rings. The molecule has 8 heteroatoms. The number of nitrogens with one attached hydrogen (secondary N) is 2. The quantitative estimate of drug-likeness (QED) is 0.370. The lowest BCUT2D eigenvalue weighted by atomic mass is 10.2. The van der Waals surface area contributed by atoms with E-state index in [1.54, 1.807) is 6.07 Å². The fourth-order valence-corrected chi connectivity index (χ4v) is 2.02. The van der Waals surface area contributed by atoms with Crippen LogP contribution in [0.15, 0.2) is 42.5 Å². The molecule has 0 aliphatic heterocycles. The Morgan fingerprint density at radius 1 is 1.08 bits per heavy atom. The summed E-state index contributed by atoms with van der Waals surface area (Å²) in [6, 6.07) is 10.0. The monoisotopic (exact) mass is 335 g/mol. The maximum absolute atomic E-state index is 12.8. The van der Waals surface area contributed by atoms with Crippen molar-refractivity contribution in [3.05, 3.63) is 58.4 Å². The van der Waals surface area contributed by atoms with Crippen molar-refractivity contribution in [2.24, 2.45) is 0 Å². The third-order valence-electron chi connectivity index (χ3n) is 3.14. The van der Waals surface area contributed by atoms with Gasteiger partial charge < -0.3 is 20.5 Å². The number of nitro benzene ring substituents is 1. The summed E-state index contributed by atoms with van der Waals surface area (Å²) < 4.78 is 18.3. The van der Waals surface area contributed by atoms with Crippen LogP contribution >= 0.6 is 0 Å². The average molecular weight is 335 g/mol. The molecule has 2 rings (SSSR count). The van der Waals surface area contributed by atoms with Crippen LogP contribution in [0.2, 0.25) is 0 Å². The molecule has 0 spiro atoms. The summed E-state index contributed by atoms with van der Waals surface area (Å²) in [5, 5.41) is 25.8. The fourth-order valence-electron chi connectivity index (χ4n) is 2.02. The van der Waals surface area contributed by atoms with Gasteiger partial charge in [-0.2, -0.15) is 0 Å². The van der Waals surface area contributed by atoms with Gasteiger partial charge in [0.05, 0.1) is 22.9 Å². The molecule has 0 heterocycles. The summed E-state index contributed by atoms with van der Waals surface area (Å²) >= 11 is 0. The van der Waals surface area contributed by atoms with E-state index in [1.807, 2.05) is 0 Å². The molecule has 0 unspecified atom stereocenters. The smallest absolute Gasteiger partial charge is 0.271 e. The average Bonchev–Trinajstić information content (AvgIpc) is 2.58. The maximum atomic E-state index is 12.8. The van der Waals surface area contributed by atoms with Crippen LogP contribution in [0.1, 0.15) is 0 Å². The Hall–Kier alpha value is -2.87. The largest absolute Gasteiger partial charge is 0.492 e. The first-order chi connectivity index (χ1) is 11.6. The van der Waals surface area contributed by atoms with Crippen LogP contribution in [0.4, 0.5) is 21.5 Å². The SMILES string of the molecule is O=[N+]([O-])c1ccc(NCCO)c(NCCOc2ccc(F)cc2)c1. The number of nitro groups is 1. The van der Waals surface area contributed by atoms with Gasteiger partial charge in [0, 0.05) is 25.2 Å². The van der Waals surface area contributed by atoms with Crippen LogP contribution in [-0.4, -0.2) is 36.3 Å². The van der Waals surface area contributed by atoms with E-state index in [2.05, 4.69) is 10.6 Å². The standard InChI is InChI=1S/C16H18FN3O4/c17-12-1-4-14(5-2-12)24-10-8-19-16-11-13(20(22)23)3-6-15(16)18-7-9-21/h1-6,11,18-19,21H,7-10H2. The van der Waals surface area contributed by atoms with Gasteiger partial charge in [-0.15, -0.1) is 0 Å². The first-order valence-electron chi connectivity index (χ1n) is 7.35. The van der Waals surface area contributed by atoms with Gasteiger partial charge in [-0.25, -0.2) is 4.39 Å². The number of halogens is 1. The highest BCUT2D eigenvalue weighted by molar-refractivity contribution is 5.71. The molecule has 0 saturated heterocycles. The van der Waals surface area contributed by atoms with E-state index in [9.17, 15) is 14.5 Å².